The highest BCUT2D eigenvalue weighted by atomic mass is 16.1. The van der Waals surface area contributed by atoms with E-state index in [0.29, 0.717) is 6.42 Å². The Balaban J connectivity index is 1.93. The Bertz CT molecular complexity index is 414. The number of piperidine rings is 1. The lowest BCUT2D eigenvalue weighted by Gasteiger charge is -2.23. The highest BCUT2D eigenvalue weighted by Crippen LogP contribution is 2.18. The lowest BCUT2D eigenvalue weighted by atomic mass is 9.98. The SMILES string of the molecule is CNC(=O)Cc1ccccc1NCC1CCNCC1. The van der Waals surface area contributed by atoms with E-state index in [1.165, 1.54) is 12.8 Å². The first-order chi connectivity index (χ1) is 9.29. The summed E-state index contributed by atoms with van der Waals surface area (Å²) in [6.07, 6.45) is 2.89. The largest absolute Gasteiger partial charge is 0.385 e. The van der Waals surface area contributed by atoms with Crippen molar-refractivity contribution in [1.29, 1.82) is 0 Å². The van der Waals surface area contributed by atoms with Crippen molar-refractivity contribution in [3.8, 4) is 0 Å². The summed E-state index contributed by atoms with van der Waals surface area (Å²) in [7, 11) is 1.67. The van der Waals surface area contributed by atoms with Crippen molar-refractivity contribution in [2.45, 2.75) is 19.3 Å². The van der Waals surface area contributed by atoms with E-state index in [4.69, 9.17) is 0 Å². The van der Waals surface area contributed by atoms with Crippen LogP contribution in [0.15, 0.2) is 24.3 Å². The Kier molecular flexibility index (Phi) is 5.21. The molecule has 1 saturated heterocycles. The van der Waals surface area contributed by atoms with E-state index in [-0.39, 0.29) is 5.91 Å². The standard InChI is InChI=1S/C15H23N3O/c1-16-15(19)10-13-4-2-3-5-14(13)18-11-12-6-8-17-9-7-12/h2-5,12,17-18H,6-11H2,1H3,(H,16,19). The first-order valence-electron chi connectivity index (χ1n) is 7.02. The third-order valence-electron chi connectivity index (χ3n) is 3.69. The van der Waals surface area contributed by atoms with Gasteiger partial charge in [-0.2, -0.15) is 0 Å². The van der Waals surface area contributed by atoms with Crippen molar-refractivity contribution in [2.24, 2.45) is 5.92 Å². The average molecular weight is 261 g/mol. The van der Waals surface area contributed by atoms with Crippen LogP contribution in [0.5, 0.6) is 0 Å². The minimum Gasteiger partial charge on any atom is -0.385 e. The molecule has 1 fully saturated rings. The predicted octanol–water partition coefficient (Wildman–Crippen LogP) is 1.39. The molecular weight excluding hydrogens is 238 g/mol. The van der Waals surface area contributed by atoms with Crippen LogP contribution in [0, 0.1) is 5.92 Å². The summed E-state index contributed by atoms with van der Waals surface area (Å²) in [5, 5.41) is 9.55. The number of carbonyl (C=O) groups is 1. The topological polar surface area (TPSA) is 53.2 Å². The molecule has 0 atom stereocenters. The van der Waals surface area contributed by atoms with Gasteiger partial charge in [-0.3, -0.25) is 4.79 Å². The van der Waals surface area contributed by atoms with Crippen LogP contribution in [0.3, 0.4) is 0 Å². The second-order valence-electron chi connectivity index (χ2n) is 5.08. The molecule has 0 saturated carbocycles. The summed E-state index contributed by atoms with van der Waals surface area (Å²) in [6, 6.07) is 8.06. The van der Waals surface area contributed by atoms with Crippen LogP contribution in [0.4, 0.5) is 5.69 Å². The first kappa shape index (κ1) is 13.9. The van der Waals surface area contributed by atoms with Gasteiger partial charge < -0.3 is 16.0 Å². The van der Waals surface area contributed by atoms with Crippen LogP contribution >= 0.6 is 0 Å². The molecule has 4 nitrogen and oxygen atoms in total. The van der Waals surface area contributed by atoms with Gasteiger partial charge in [0.2, 0.25) is 5.91 Å². The van der Waals surface area contributed by atoms with E-state index in [1.54, 1.807) is 7.05 Å². The Morgan fingerprint density at radius 2 is 2.05 bits per heavy atom. The number of para-hydroxylation sites is 1. The van der Waals surface area contributed by atoms with Gasteiger partial charge in [0.05, 0.1) is 6.42 Å². The fourth-order valence-corrected chi connectivity index (χ4v) is 2.45. The molecule has 0 aliphatic carbocycles. The summed E-state index contributed by atoms with van der Waals surface area (Å²) in [6.45, 7) is 3.23. The van der Waals surface area contributed by atoms with Crippen molar-refractivity contribution < 1.29 is 4.79 Å². The van der Waals surface area contributed by atoms with Crippen molar-refractivity contribution in [1.82, 2.24) is 10.6 Å². The molecule has 2 rings (SSSR count). The van der Waals surface area contributed by atoms with Crippen molar-refractivity contribution >= 4 is 11.6 Å². The molecule has 1 aromatic rings. The predicted molar refractivity (Wildman–Crippen MR) is 78.3 cm³/mol. The molecule has 3 N–H and O–H groups in total. The minimum absolute atomic E-state index is 0.0520. The number of amides is 1. The molecule has 1 aromatic carbocycles. The molecule has 19 heavy (non-hydrogen) atoms. The quantitative estimate of drug-likeness (QED) is 0.751. The van der Waals surface area contributed by atoms with Crippen molar-refractivity contribution in [2.75, 3.05) is 32.0 Å². The number of hydrogen-bond donors (Lipinski definition) is 3. The van der Waals surface area contributed by atoms with E-state index in [2.05, 4.69) is 22.0 Å². The maximum atomic E-state index is 11.5. The Hall–Kier alpha value is -1.55. The third kappa shape index (κ3) is 4.24. The molecule has 0 spiro atoms. The van der Waals surface area contributed by atoms with E-state index >= 15 is 0 Å². The molecule has 4 heteroatoms. The highest BCUT2D eigenvalue weighted by Gasteiger charge is 2.13. The van der Waals surface area contributed by atoms with Gasteiger partial charge in [0.25, 0.3) is 0 Å². The number of rotatable bonds is 5. The maximum absolute atomic E-state index is 11.5. The van der Waals surface area contributed by atoms with Gasteiger partial charge in [-0.15, -0.1) is 0 Å². The second-order valence-corrected chi connectivity index (χ2v) is 5.08. The zero-order valence-corrected chi connectivity index (χ0v) is 11.5. The number of hydrogen-bond acceptors (Lipinski definition) is 3. The van der Waals surface area contributed by atoms with Crippen LogP contribution < -0.4 is 16.0 Å². The van der Waals surface area contributed by atoms with Gasteiger partial charge in [-0.1, -0.05) is 18.2 Å². The highest BCUT2D eigenvalue weighted by molar-refractivity contribution is 5.80. The Labute approximate surface area is 115 Å². The van der Waals surface area contributed by atoms with E-state index in [0.717, 1.165) is 36.8 Å². The van der Waals surface area contributed by atoms with E-state index in [9.17, 15) is 4.79 Å². The lowest BCUT2D eigenvalue weighted by molar-refractivity contribution is -0.119. The number of nitrogens with one attached hydrogen (secondary N) is 3. The van der Waals surface area contributed by atoms with Crippen LogP contribution in [-0.4, -0.2) is 32.6 Å². The molecule has 0 bridgehead atoms. The summed E-state index contributed by atoms with van der Waals surface area (Å²) in [5.74, 6) is 0.783. The van der Waals surface area contributed by atoms with Gasteiger partial charge in [-0.25, -0.2) is 0 Å². The van der Waals surface area contributed by atoms with Crippen LogP contribution in [0.1, 0.15) is 18.4 Å². The summed E-state index contributed by atoms with van der Waals surface area (Å²) in [5.41, 5.74) is 2.15. The molecule has 1 amide bonds. The van der Waals surface area contributed by atoms with Gasteiger partial charge in [0.1, 0.15) is 0 Å². The summed E-state index contributed by atoms with van der Waals surface area (Å²) < 4.78 is 0. The van der Waals surface area contributed by atoms with E-state index < -0.39 is 0 Å². The van der Waals surface area contributed by atoms with Gasteiger partial charge in [-0.05, 0) is 43.5 Å². The van der Waals surface area contributed by atoms with Gasteiger partial charge >= 0.3 is 0 Å². The third-order valence-corrected chi connectivity index (χ3v) is 3.69. The molecule has 1 aliphatic rings. The Morgan fingerprint density at radius 3 is 2.79 bits per heavy atom. The fourth-order valence-electron chi connectivity index (χ4n) is 2.45. The summed E-state index contributed by atoms with van der Waals surface area (Å²) >= 11 is 0. The minimum atomic E-state index is 0.0520. The van der Waals surface area contributed by atoms with Crippen molar-refractivity contribution in [3.05, 3.63) is 29.8 Å². The average Bonchev–Trinajstić information content (AvgIpc) is 2.47. The molecule has 1 heterocycles. The molecule has 104 valence electrons. The number of carbonyl (C=O) groups excluding carboxylic acids is 1. The fraction of sp³-hybridized carbons (Fsp3) is 0.533. The molecule has 1 aliphatic heterocycles. The monoisotopic (exact) mass is 261 g/mol. The van der Waals surface area contributed by atoms with Crippen LogP contribution in [-0.2, 0) is 11.2 Å². The normalized spacial score (nSPS) is 16.1. The Morgan fingerprint density at radius 1 is 1.32 bits per heavy atom. The molecule has 0 radical (unpaired) electrons. The van der Waals surface area contributed by atoms with Crippen molar-refractivity contribution in [3.63, 3.8) is 0 Å². The molecule has 0 unspecified atom stereocenters. The molecular formula is C15H23N3O. The lowest BCUT2D eigenvalue weighted by Crippen LogP contribution is -2.31. The molecule has 0 aromatic heterocycles. The second kappa shape index (κ2) is 7.14. The van der Waals surface area contributed by atoms with Crippen LogP contribution in [0.2, 0.25) is 0 Å². The first-order valence-corrected chi connectivity index (χ1v) is 7.02. The number of likely N-dealkylation sites (N-methyl/N-ethyl adjacent to an activating group) is 1. The smallest absolute Gasteiger partial charge is 0.224 e. The number of benzene rings is 1. The zero-order valence-electron chi connectivity index (χ0n) is 11.5. The number of anilines is 1. The van der Waals surface area contributed by atoms with Gasteiger partial charge in [0, 0.05) is 19.3 Å². The van der Waals surface area contributed by atoms with Crippen LogP contribution in [0.25, 0.3) is 0 Å². The summed E-state index contributed by atoms with van der Waals surface area (Å²) in [4.78, 5) is 11.5. The van der Waals surface area contributed by atoms with E-state index in [1.807, 2.05) is 18.2 Å². The maximum Gasteiger partial charge on any atom is 0.224 e. The van der Waals surface area contributed by atoms with Gasteiger partial charge in [0.15, 0.2) is 0 Å². The zero-order chi connectivity index (χ0) is 13.5.